The highest BCUT2D eigenvalue weighted by Gasteiger charge is 2.30. The van der Waals surface area contributed by atoms with Gasteiger partial charge in [-0.2, -0.15) is 0 Å². The van der Waals surface area contributed by atoms with Gasteiger partial charge in [-0.15, -0.1) is 11.3 Å². The Morgan fingerprint density at radius 3 is 1.88 bits per heavy atom. The Morgan fingerprint density at radius 1 is 0.485 bits per heavy atom. The summed E-state index contributed by atoms with van der Waals surface area (Å²) in [6.07, 6.45) is 1.96. The smallest absolute Gasteiger partial charge is 0.137 e. The van der Waals surface area contributed by atoms with E-state index < -0.39 is 0 Å². The van der Waals surface area contributed by atoms with E-state index in [1.165, 1.54) is 69.7 Å². The molecule has 0 bridgehead atoms. The number of pyridine rings is 1. The van der Waals surface area contributed by atoms with E-state index in [0.717, 1.165) is 45.3 Å². The first-order valence-corrected chi connectivity index (χ1v) is 23.7. The summed E-state index contributed by atoms with van der Waals surface area (Å²) in [4.78, 5) is 9.95. The molecule has 12 rings (SSSR count). The first-order valence-electron chi connectivity index (χ1n) is 22.9. The van der Waals surface area contributed by atoms with Crippen molar-refractivity contribution in [1.29, 1.82) is 0 Å². The Bertz CT molecular complexity index is 3700. The third-order valence-corrected chi connectivity index (χ3v) is 14.6. The average molecular weight is 875 g/mol. The van der Waals surface area contributed by atoms with Crippen molar-refractivity contribution < 1.29 is 4.74 Å². The molecule has 0 N–H and O–H groups in total. The van der Waals surface area contributed by atoms with Crippen LogP contribution in [0.3, 0.4) is 0 Å². The molecule has 0 unspecified atom stereocenters. The van der Waals surface area contributed by atoms with Crippen molar-refractivity contribution in [3.63, 3.8) is 0 Å². The lowest BCUT2D eigenvalue weighted by atomic mass is 9.87. The van der Waals surface area contributed by atoms with Gasteiger partial charge in [-0.25, -0.2) is 4.98 Å². The van der Waals surface area contributed by atoms with E-state index in [1.54, 1.807) is 0 Å². The average Bonchev–Trinajstić information content (AvgIpc) is 4.01. The maximum absolute atomic E-state index is 7.09. The predicted octanol–water partition coefficient (Wildman–Crippen LogP) is 17.0. The lowest BCUT2D eigenvalue weighted by molar-refractivity contribution is 0.483. The number of thiophene rings is 1. The number of hydrogen-bond acceptors (Lipinski definition) is 5. The van der Waals surface area contributed by atoms with Crippen LogP contribution in [-0.4, -0.2) is 16.2 Å². The van der Waals surface area contributed by atoms with Crippen LogP contribution >= 0.6 is 11.3 Å². The summed E-state index contributed by atoms with van der Waals surface area (Å²) in [7, 11) is 0. The fraction of sp³-hybridized carbons (Fsp3) is 0.150. The minimum atomic E-state index is -0.0571. The fourth-order valence-corrected chi connectivity index (χ4v) is 11.3. The molecule has 0 atom stereocenters. The van der Waals surface area contributed by atoms with Crippen LogP contribution in [0.2, 0.25) is 0 Å². The van der Waals surface area contributed by atoms with Crippen molar-refractivity contribution in [3.05, 3.63) is 193 Å². The highest BCUT2D eigenvalue weighted by molar-refractivity contribution is 7.27. The molecular formula is C60H50N4OS. The van der Waals surface area contributed by atoms with Crippen molar-refractivity contribution in [2.45, 2.75) is 52.4 Å². The first-order chi connectivity index (χ1) is 32.0. The van der Waals surface area contributed by atoms with Crippen molar-refractivity contribution in [1.82, 2.24) is 9.55 Å². The van der Waals surface area contributed by atoms with Crippen LogP contribution in [0.1, 0.15) is 52.7 Å². The summed E-state index contributed by atoms with van der Waals surface area (Å²) < 4.78 is 12.0. The highest BCUT2D eigenvalue weighted by Crippen LogP contribution is 2.50. The molecule has 0 fully saturated rings. The number of aromatic nitrogens is 2. The highest BCUT2D eigenvalue weighted by atomic mass is 32.1. The second-order valence-electron chi connectivity index (χ2n) is 19.7. The summed E-state index contributed by atoms with van der Waals surface area (Å²) >= 11 is 1.88. The van der Waals surface area contributed by atoms with Gasteiger partial charge in [-0.05, 0) is 110 Å². The number of nitrogens with zero attached hydrogens (tertiary/aromatic N) is 4. The van der Waals surface area contributed by atoms with Gasteiger partial charge in [0.05, 0.1) is 27.1 Å². The Labute approximate surface area is 389 Å². The lowest BCUT2D eigenvalue weighted by Gasteiger charge is -2.25. The molecule has 1 aliphatic rings. The quantitative estimate of drug-likeness (QED) is 0.156. The van der Waals surface area contributed by atoms with Gasteiger partial charge < -0.3 is 14.5 Å². The number of anilines is 4. The van der Waals surface area contributed by atoms with Crippen LogP contribution in [0.15, 0.2) is 182 Å². The maximum Gasteiger partial charge on any atom is 0.137 e. The Morgan fingerprint density at radius 2 is 1.14 bits per heavy atom. The molecule has 0 saturated heterocycles. The molecule has 322 valence electrons. The van der Waals surface area contributed by atoms with Gasteiger partial charge >= 0.3 is 0 Å². The largest absolute Gasteiger partial charge is 0.457 e. The van der Waals surface area contributed by atoms with E-state index in [0.29, 0.717) is 6.67 Å². The number of rotatable bonds is 6. The molecule has 5 nitrogen and oxygen atoms in total. The van der Waals surface area contributed by atoms with Crippen LogP contribution in [0, 0.1) is 0 Å². The normalized spacial score (nSPS) is 13.2. The minimum absolute atomic E-state index is 0.0372. The molecule has 3 aromatic heterocycles. The molecule has 0 amide bonds. The molecule has 4 heterocycles. The zero-order chi connectivity index (χ0) is 44.9. The van der Waals surface area contributed by atoms with Crippen LogP contribution < -0.4 is 14.5 Å². The Hall–Kier alpha value is -7.41. The van der Waals surface area contributed by atoms with Crippen LogP contribution in [0.5, 0.6) is 11.5 Å². The van der Waals surface area contributed by atoms with Crippen molar-refractivity contribution in [2.75, 3.05) is 16.5 Å². The molecule has 0 radical (unpaired) electrons. The predicted molar refractivity (Wildman–Crippen MR) is 280 cm³/mol. The summed E-state index contributed by atoms with van der Waals surface area (Å²) in [5, 5.41) is 7.50. The monoisotopic (exact) mass is 874 g/mol. The standard InChI is InChI=1S/C60H50N4OS/c1-59(2,3)40-19-16-20-42(33-40)62-37-63(52-26-15-14-25-51(52)62)43-31-39(38-17-8-7-9-18-38)32-45(35-43)65-44-27-28-50-53(36-44)64(54-34-41(29-30-61-54)60(4,5)6)56-55-48-23-12-10-21-46(48)47-22-11-13-24-49(47)57(55)66-58(50)56/h7-36H,37H2,1-6H3. The van der Waals surface area contributed by atoms with Gasteiger partial charge in [0.15, 0.2) is 0 Å². The van der Waals surface area contributed by atoms with E-state index in [1.807, 2.05) is 17.5 Å². The summed E-state index contributed by atoms with van der Waals surface area (Å²) in [5.41, 5.74) is 11.6. The van der Waals surface area contributed by atoms with E-state index >= 15 is 0 Å². The number of benzene rings is 8. The zero-order valence-electron chi connectivity index (χ0n) is 38.1. The number of ether oxygens (including phenoxy) is 1. The SMILES string of the molecule is CC(C)(C)c1cccc(N2CN(c3cc(Oc4ccc5c6sc7c8ccccc8c8ccccc8c7c6n(-c6cc(C(C)(C)C)ccn6)c5c4)cc(-c4ccccc4)c3)c3ccccc32)c1. The summed E-state index contributed by atoms with van der Waals surface area (Å²) in [5.74, 6) is 2.43. The van der Waals surface area contributed by atoms with Gasteiger partial charge in [0.1, 0.15) is 24.0 Å². The van der Waals surface area contributed by atoms with Crippen LogP contribution in [0.4, 0.5) is 22.7 Å². The summed E-state index contributed by atoms with van der Waals surface area (Å²) in [6, 6.07) is 63.7. The maximum atomic E-state index is 7.09. The Balaban J connectivity index is 1.03. The van der Waals surface area contributed by atoms with Gasteiger partial charge in [0, 0.05) is 50.6 Å². The van der Waals surface area contributed by atoms with Gasteiger partial charge in [0.2, 0.25) is 0 Å². The molecule has 6 heteroatoms. The third-order valence-electron chi connectivity index (χ3n) is 13.4. The van der Waals surface area contributed by atoms with Crippen molar-refractivity contribution in [3.8, 4) is 28.4 Å². The fourth-order valence-electron chi connectivity index (χ4n) is 9.96. The molecule has 0 saturated carbocycles. The molecule has 8 aromatic carbocycles. The van der Waals surface area contributed by atoms with Crippen molar-refractivity contribution in [2.24, 2.45) is 0 Å². The molecule has 1 aliphatic heterocycles. The number of para-hydroxylation sites is 2. The Kier molecular flexibility index (Phi) is 9.17. The lowest BCUT2D eigenvalue weighted by Crippen LogP contribution is -2.24. The zero-order valence-corrected chi connectivity index (χ0v) is 38.9. The number of hydrogen-bond donors (Lipinski definition) is 0. The van der Waals surface area contributed by atoms with E-state index in [-0.39, 0.29) is 10.8 Å². The minimum Gasteiger partial charge on any atom is -0.457 e. The van der Waals surface area contributed by atoms with Crippen molar-refractivity contribution >= 4 is 86.8 Å². The molecular weight excluding hydrogens is 825 g/mol. The first kappa shape index (κ1) is 40.1. The molecule has 0 spiro atoms. The molecule has 0 aliphatic carbocycles. The van der Waals surface area contributed by atoms with Gasteiger partial charge in [-0.1, -0.05) is 145 Å². The van der Waals surface area contributed by atoms with Gasteiger partial charge in [0.25, 0.3) is 0 Å². The van der Waals surface area contributed by atoms with Crippen LogP contribution in [-0.2, 0) is 10.8 Å². The molecule has 11 aromatic rings. The van der Waals surface area contributed by atoms with Gasteiger partial charge in [-0.3, -0.25) is 4.57 Å². The van der Waals surface area contributed by atoms with E-state index in [4.69, 9.17) is 9.72 Å². The van der Waals surface area contributed by atoms with Crippen LogP contribution in [0.25, 0.3) is 69.7 Å². The summed E-state index contributed by atoms with van der Waals surface area (Å²) in [6.45, 7) is 14.3. The number of fused-ring (bicyclic) bond motifs is 11. The van der Waals surface area contributed by atoms with E-state index in [9.17, 15) is 0 Å². The van der Waals surface area contributed by atoms with E-state index in [2.05, 4.69) is 232 Å². The molecule has 66 heavy (non-hydrogen) atoms. The second kappa shape index (κ2) is 15.1. The topological polar surface area (TPSA) is 33.5 Å². The third kappa shape index (κ3) is 6.62. The second-order valence-corrected chi connectivity index (χ2v) is 20.7.